The Balaban J connectivity index is 1.95. The minimum absolute atomic E-state index is 0.0398. The SMILES string of the molecule is O=C(Cc1ccnc2ccccc12)c1ccc(Br)o1. The van der Waals surface area contributed by atoms with Crippen molar-refractivity contribution >= 4 is 32.6 Å². The molecule has 0 aliphatic carbocycles. The van der Waals surface area contributed by atoms with Gasteiger partial charge >= 0.3 is 0 Å². The predicted octanol–water partition coefficient (Wildman–Crippen LogP) is 4.02. The molecule has 0 bridgehead atoms. The van der Waals surface area contributed by atoms with E-state index < -0.39 is 0 Å². The molecule has 0 spiro atoms. The van der Waals surface area contributed by atoms with Gasteiger partial charge in [0, 0.05) is 18.0 Å². The third-order valence-corrected chi connectivity index (χ3v) is 3.36. The maximum atomic E-state index is 12.1. The molecule has 0 saturated carbocycles. The van der Waals surface area contributed by atoms with Gasteiger partial charge in [-0.05, 0) is 45.8 Å². The van der Waals surface area contributed by atoms with Crippen molar-refractivity contribution in [3.05, 3.63) is 64.7 Å². The Morgan fingerprint density at radius 2 is 2.00 bits per heavy atom. The van der Waals surface area contributed by atoms with Crippen LogP contribution in [0.3, 0.4) is 0 Å². The van der Waals surface area contributed by atoms with E-state index in [1.807, 2.05) is 30.3 Å². The molecule has 2 heterocycles. The van der Waals surface area contributed by atoms with Gasteiger partial charge in [-0.25, -0.2) is 0 Å². The minimum Gasteiger partial charge on any atom is -0.446 e. The Bertz CT molecular complexity index is 743. The van der Waals surface area contributed by atoms with E-state index in [1.54, 1.807) is 18.3 Å². The number of Topliss-reactive ketones (excluding diaryl/α,β-unsaturated/α-hetero) is 1. The van der Waals surface area contributed by atoms with Crippen molar-refractivity contribution in [2.75, 3.05) is 0 Å². The fourth-order valence-corrected chi connectivity index (χ4v) is 2.34. The average molecular weight is 316 g/mol. The lowest BCUT2D eigenvalue weighted by molar-refractivity contribution is 0.0965. The van der Waals surface area contributed by atoms with Crippen LogP contribution in [0.1, 0.15) is 16.1 Å². The van der Waals surface area contributed by atoms with Crippen LogP contribution in [0, 0.1) is 0 Å². The van der Waals surface area contributed by atoms with Gasteiger partial charge in [-0.3, -0.25) is 9.78 Å². The smallest absolute Gasteiger partial charge is 0.202 e. The van der Waals surface area contributed by atoms with Crippen molar-refractivity contribution in [3.63, 3.8) is 0 Å². The number of pyridine rings is 1. The van der Waals surface area contributed by atoms with Crippen molar-refractivity contribution in [2.24, 2.45) is 0 Å². The van der Waals surface area contributed by atoms with Crippen molar-refractivity contribution in [1.82, 2.24) is 4.98 Å². The van der Waals surface area contributed by atoms with E-state index >= 15 is 0 Å². The molecule has 0 fully saturated rings. The highest BCUT2D eigenvalue weighted by Crippen LogP contribution is 2.20. The van der Waals surface area contributed by atoms with Gasteiger partial charge in [0.05, 0.1) is 5.52 Å². The van der Waals surface area contributed by atoms with Crippen molar-refractivity contribution in [1.29, 1.82) is 0 Å². The lowest BCUT2D eigenvalue weighted by Gasteiger charge is -2.04. The van der Waals surface area contributed by atoms with E-state index in [4.69, 9.17) is 4.42 Å². The number of halogens is 1. The van der Waals surface area contributed by atoms with Crippen molar-refractivity contribution in [2.45, 2.75) is 6.42 Å². The molecule has 0 saturated heterocycles. The monoisotopic (exact) mass is 315 g/mol. The summed E-state index contributed by atoms with van der Waals surface area (Å²) >= 11 is 3.20. The van der Waals surface area contributed by atoms with Crippen molar-refractivity contribution < 1.29 is 9.21 Å². The maximum Gasteiger partial charge on any atom is 0.202 e. The van der Waals surface area contributed by atoms with Crippen LogP contribution in [0.15, 0.2) is 57.7 Å². The second-order valence-corrected chi connectivity index (χ2v) is 4.97. The first-order chi connectivity index (χ1) is 9.24. The summed E-state index contributed by atoms with van der Waals surface area (Å²) in [5.41, 5.74) is 1.86. The van der Waals surface area contributed by atoms with Crippen LogP contribution >= 0.6 is 15.9 Å². The summed E-state index contributed by atoms with van der Waals surface area (Å²) in [5, 5.41) is 1.00. The van der Waals surface area contributed by atoms with Crippen LogP contribution in [-0.2, 0) is 6.42 Å². The van der Waals surface area contributed by atoms with Gasteiger partial charge in [-0.15, -0.1) is 0 Å². The molecule has 3 rings (SSSR count). The number of para-hydroxylation sites is 1. The van der Waals surface area contributed by atoms with Gasteiger partial charge in [0.1, 0.15) is 0 Å². The number of carbonyl (C=O) groups is 1. The summed E-state index contributed by atoms with van der Waals surface area (Å²) in [4.78, 5) is 16.4. The average Bonchev–Trinajstić information content (AvgIpc) is 2.86. The van der Waals surface area contributed by atoms with Gasteiger partial charge in [0.15, 0.2) is 10.4 Å². The van der Waals surface area contributed by atoms with Gasteiger partial charge < -0.3 is 4.42 Å². The maximum absolute atomic E-state index is 12.1. The normalized spacial score (nSPS) is 10.8. The Hall–Kier alpha value is -1.94. The molecule has 0 amide bonds. The highest BCUT2D eigenvalue weighted by molar-refractivity contribution is 9.10. The number of fused-ring (bicyclic) bond motifs is 1. The second-order valence-electron chi connectivity index (χ2n) is 4.19. The number of rotatable bonds is 3. The Morgan fingerprint density at radius 3 is 2.79 bits per heavy atom. The number of ketones is 1. The molecule has 4 heteroatoms. The van der Waals surface area contributed by atoms with Crippen LogP contribution in [0.2, 0.25) is 0 Å². The van der Waals surface area contributed by atoms with E-state index in [-0.39, 0.29) is 5.78 Å². The number of nitrogens with zero attached hydrogens (tertiary/aromatic N) is 1. The third-order valence-electron chi connectivity index (χ3n) is 2.94. The third kappa shape index (κ3) is 2.44. The summed E-state index contributed by atoms with van der Waals surface area (Å²) in [7, 11) is 0. The molecule has 0 N–H and O–H groups in total. The Kier molecular flexibility index (Phi) is 3.17. The quantitative estimate of drug-likeness (QED) is 0.686. The second kappa shape index (κ2) is 4.97. The minimum atomic E-state index is -0.0398. The molecule has 3 nitrogen and oxygen atoms in total. The molecule has 0 aliphatic heterocycles. The molecule has 19 heavy (non-hydrogen) atoms. The molecule has 94 valence electrons. The van der Waals surface area contributed by atoms with Gasteiger partial charge in [-0.2, -0.15) is 0 Å². The molecule has 0 aliphatic rings. The number of aromatic nitrogens is 1. The zero-order valence-electron chi connectivity index (χ0n) is 9.97. The molecular formula is C15H10BrNO2. The van der Waals surface area contributed by atoms with Gasteiger partial charge in [0.2, 0.25) is 5.78 Å². The van der Waals surface area contributed by atoms with Crippen LogP contribution in [-0.4, -0.2) is 10.8 Å². The fourth-order valence-electron chi connectivity index (χ4n) is 2.03. The summed E-state index contributed by atoms with van der Waals surface area (Å²) in [6.07, 6.45) is 2.03. The topological polar surface area (TPSA) is 43.1 Å². The van der Waals surface area contributed by atoms with E-state index in [0.29, 0.717) is 16.9 Å². The van der Waals surface area contributed by atoms with Crippen LogP contribution in [0.25, 0.3) is 10.9 Å². The number of benzene rings is 1. The standard InChI is InChI=1S/C15H10BrNO2/c16-15-6-5-14(19-15)13(18)9-10-7-8-17-12-4-2-1-3-11(10)12/h1-8H,9H2. The zero-order valence-corrected chi connectivity index (χ0v) is 11.6. The summed E-state index contributed by atoms with van der Waals surface area (Å²) in [6, 6.07) is 13.1. The Labute approximate surface area is 118 Å². The molecule has 0 radical (unpaired) electrons. The van der Waals surface area contributed by atoms with Gasteiger partial charge in [0.25, 0.3) is 0 Å². The van der Waals surface area contributed by atoms with E-state index in [1.165, 1.54) is 0 Å². The lowest BCUT2D eigenvalue weighted by Crippen LogP contribution is -2.02. The molecule has 0 unspecified atom stereocenters. The summed E-state index contributed by atoms with van der Waals surface area (Å²) in [5.74, 6) is 0.329. The number of hydrogen-bond donors (Lipinski definition) is 0. The molecular weight excluding hydrogens is 306 g/mol. The summed E-state index contributed by atoms with van der Waals surface area (Å²) in [6.45, 7) is 0. The first-order valence-corrected chi connectivity index (χ1v) is 6.64. The lowest BCUT2D eigenvalue weighted by atomic mass is 10.0. The first-order valence-electron chi connectivity index (χ1n) is 5.85. The molecule has 2 aromatic heterocycles. The van der Waals surface area contributed by atoms with Crippen LogP contribution in [0.5, 0.6) is 0 Å². The molecule has 0 atom stereocenters. The van der Waals surface area contributed by atoms with Gasteiger partial charge in [-0.1, -0.05) is 18.2 Å². The predicted molar refractivity (Wildman–Crippen MR) is 76.2 cm³/mol. The number of carbonyl (C=O) groups excluding carboxylic acids is 1. The van der Waals surface area contributed by atoms with E-state index in [2.05, 4.69) is 20.9 Å². The highest BCUT2D eigenvalue weighted by atomic mass is 79.9. The van der Waals surface area contributed by atoms with Crippen LogP contribution < -0.4 is 0 Å². The Morgan fingerprint density at radius 1 is 1.16 bits per heavy atom. The largest absolute Gasteiger partial charge is 0.446 e. The number of furan rings is 1. The number of hydrogen-bond acceptors (Lipinski definition) is 3. The zero-order chi connectivity index (χ0) is 13.2. The van der Waals surface area contributed by atoms with Crippen molar-refractivity contribution in [3.8, 4) is 0 Å². The van der Waals surface area contributed by atoms with E-state index in [9.17, 15) is 4.79 Å². The van der Waals surface area contributed by atoms with Crippen LogP contribution in [0.4, 0.5) is 0 Å². The van der Waals surface area contributed by atoms with E-state index in [0.717, 1.165) is 16.5 Å². The first kappa shape index (κ1) is 12.1. The summed E-state index contributed by atoms with van der Waals surface area (Å²) < 4.78 is 5.85. The highest BCUT2D eigenvalue weighted by Gasteiger charge is 2.13. The fraction of sp³-hybridized carbons (Fsp3) is 0.0667. The molecule has 3 aromatic rings. The molecule has 1 aromatic carbocycles.